The van der Waals surface area contributed by atoms with Gasteiger partial charge in [-0.15, -0.1) is 0 Å². The van der Waals surface area contributed by atoms with Gasteiger partial charge in [-0.1, -0.05) is 0 Å². The Hall–Kier alpha value is -2.64. The Bertz CT molecular complexity index is 707. The van der Waals surface area contributed by atoms with Crippen molar-refractivity contribution < 1.29 is 14.7 Å². The summed E-state index contributed by atoms with van der Waals surface area (Å²) in [5.41, 5.74) is 6.78. The normalized spacial score (nSPS) is 10.8. The summed E-state index contributed by atoms with van der Waals surface area (Å²) >= 11 is 0. The number of carbonyl (C=O) groups is 2. The maximum absolute atomic E-state index is 11.4. The third-order valence-electron chi connectivity index (χ3n) is 3.00. The minimum absolute atomic E-state index is 0.0114. The molecule has 0 fully saturated rings. The molecule has 0 aliphatic rings. The molecular formula is C12H15N5O3. The number of anilines is 1. The van der Waals surface area contributed by atoms with Crippen LogP contribution in [0.25, 0.3) is 11.0 Å². The van der Waals surface area contributed by atoms with Gasteiger partial charge in [0.1, 0.15) is 5.56 Å². The molecule has 0 spiro atoms. The quantitative estimate of drug-likeness (QED) is 0.806. The van der Waals surface area contributed by atoms with Crippen LogP contribution in [-0.4, -0.2) is 45.3 Å². The minimum atomic E-state index is -1.12. The van der Waals surface area contributed by atoms with Gasteiger partial charge in [0, 0.05) is 20.3 Å². The molecule has 2 aromatic heterocycles. The fourth-order valence-electron chi connectivity index (χ4n) is 2.26. The minimum Gasteiger partial charge on any atom is -0.478 e. The molecule has 2 aromatic rings. The molecule has 2 rings (SSSR count). The molecule has 0 saturated heterocycles. The first-order chi connectivity index (χ1) is 9.32. The molecule has 2 heterocycles. The predicted molar refractivity (Wildman–Crippen MR) is 72.7 cm³/mol. The summed E-state index contributed by atoms with van der Waals surface area (Å²) in [6.45, 7) is 1.67. The van der Waals surface area contributed by atoms with E-state index in [1.54, 1.807) is 25.7 Å². The number of primary amides is 1. The largest absolute Gasteiger partial charge is 0.478 e. The lowest BCUT2D eigenvalue weighted by molar-refractivity contribution is -0.116. The van der Waals surface area contributed by atoms with E-state index >= 15 is 0 Å². The number of rotatable bonds is 4. The Balaban J connectivity index is 2.78. The van der Waals surface area contributed by atoms with Gasteiger partial charge in [-0.25, -0.2) is 9.78 Å². The maximum atomic E-state index is 11.4. The van der Waals surface area contributed by atoms with Crippen molar-refractivity contribution in [3.63, 3.8) is 0 Å². The van der Waals surface area contributed by atoms with Crippen LogP contribution in [0.15, 0.2) is 6.20 Å². The number of hydrogen-bond acceptors (Lipinski definition) is 5. The number of carbonyl (C=O) groups excluding carboxylic acids is 1. The van der Waals surface area contributed by atoms with Gasteiger partial charge in [0.15, 0.2) is 5.65 Å². The fourth-order valence-corrected chi connectivity index (χ4v) is 2.26. The molecule has 3 N–H and O–H groups in total. The number of nitrogens with two attached hydrogens (primary N) is 1. The molecule has 0 unspecified atom stereocenters. The molecule has 0 aliphatic heterocycles. The lowest BCUT2D eigenvalue weighted by atomic mass is 10.1. The van der Waals surface area contributed by atoms with E-state index in [0.29, 0.717) is 22.4 Å². The van der Waals surface area contributed by atoms with E-state index in [9.17, 15) is 14.7 Å². The Kier molecular flexibility index (Phi) is 3.31. The number of aryl methyl sites for hydroxylation is 2. The molecule has 1 amide bonds. The van der Waals surface area contributed by atoms with E-state index < -0.39 is 11.9 Å². The van der Waals surface area contributed by atoms with Crippen molar-refractivity contribution >= 4 is 28.6 Å². The molecule has 8 nitrogen and oxygen atoms in total. The van der Waals surface area contributed by atoms with E-state index in [0.717, 1.165) is 0 Å². The predicted octanol–water partition coefficient (Wildman–Crippen LogP) is -0.104. The molecule has 106 valence electrons. The molecule has 0 radical (unpaired) electrons. The summed E-state index contributed by atoms with van der Waals surface area (Å²) in [6.07, 6.45) is 1.26. The van der Waals surface area contributed by atoms with Crippen LogP contribution in [0, 0.1) is 6.92 Å². The third-order valence-corrected chi connectivity index (χ3v) is 3.00. The summed E-state index contributed by atoms with van der Waals surface area (Å²) in [5, 5.41) is 14.1. The molecular weight excluding hydrogens is 262 g/mol. The van der Waals surface area contributed by atoms with Crippen LogP contribution in [0.3, 0.4) is 0 Å². The van der Waals surface area contributed by atoms with Gasteiger partial charge in [0.05, 0.1) is 23.3 Å². The third kappa shape index (κ3) is 2.15. The highest BCUT2D eigenvalue weighted by molar-refractivity contribution is 6.05. The number of carboxylic acids is 1. The Morgan fingerprint density at radius 3 is 2.70 bits per heavy atom. The van der Waals surface area contributed by atoms with Gasteiger partial charge in [-0.2, -0.15) is 5.10 Å². The molecule has 0 bridgehead atoms. The highest BCUT2D eigenvalue weighted by atomic mass is 16.4. The van der Waals surface area contributed by atoms with E-state index in [4.69, 9.17) is 5.73 Å². The number of fused-ring (bicyclic) bond motifs is 1. The number of aromatic carboxylic acids is 1. The van der Waals surface area contributed by atoms with Crippen molar-refractivity contribution in [2.45, 2.75) is 6.92 Å². The topological polar surface area (TPSA) is 114 Å². The Morgan fingerprint density at radius 1 is 1.50 bits per heavy atom. The van der Waals surface area contributed by atoms with Crippen LogP contribution < -0.4 is 10.6 Å². The lowest BCUT2D eigenvalue weighted by Gasteiger charge is -2.20. The van der Waals surface area contributed by atoms with Crippen LogP contribution in [0.1, 0.15) is 16.1 Å². The van der Waals surface area contributed by atoms with Crippen molar-refractivity contribution in [3.8, 4) is 0 Å². The molecule has 8 heteroatoms. The molecule has 0 aliphatic carbocycles. The maximum Gasteiger partial charge on any atom is 0.339 e. The zero-order valence-electron chi connectivity index (χ0n) is 11.4. The standard InChI is InChI=1S/C12H15N5O3/c1-6-9-10(16(2)5-8(13)18)7(12(19)20)4-14-11(9)17(3)15-6/h4H,5H2,1-3H3,(H2,13,18)(H,19,20). The van der Waals surface area contributed by atoms with Crippen molar-refractivity contribution in [2.75, 3.05) is 18.5 Å². The second-order valence-electron chi connectivity index (χ2n) is 4.56. The first-order valence-electron chi connectivity index (χ1n) is 5.88. The van der Waals surface area contributed by atoms with Gasteiger partial charge in [0.2, 0.25) is 5.91 Å². The highest BCUT2D eigenvalue weighted by Crippen LogP contribution is 2.31. The molecule has 20 heavy (non-hydrogen) atoms. The smallest absolute Gasteiger partial charge is 0.339 e. The van der Waals surface area contributed by atoms with E-state index in [-0.39, 0.29) is 12.1 Å². The summed E-state index contributed by atoms with van der Waals surface area (Å²) in [6, 6.07) is 0. The van der Waals surface area contributed by atoms with E-state index in [1.165, 1.54) is 11.1 Å². The number of aromatic nitrogens is 3. The molecule has 0 saturated carbocycles. The number of hydrogen-bond donors (Lipinski definition) is 2. The van der Waals surface area contributed by atoms with Gasteiger partial charge in [-0.3, -0.25) is 9.48 Å². The second-order valence-corrected chi connectivity index (χ2v) is 4.56. The van der Waals surface area contributed by atoms with E-state index in [2.05, 4.69) is 10.1 Å². The fraction of sp³-hybridized carbons (Fsp3) is 0.333. The van der Waals surface area contributed by atoms with Gasteiger partial charge in [0.25, 0.3) is 0 Å². The van der Waals surface area contributed by atoms with Crippen molar-refractivity contribution in [3.05, 3.63) is 17.5 Å². The van der Waals surface area contributed by atoms with Crippen LogP contribution in [0.5, 0.6) is 0 Å². The van der Waals surface area contributed by atoms with E-state index in [1.807, 2.05) is 0 Å². The molecule has 0 atom stereocenters. The summed E-state index contributed by atoms with van der Waals surface area (Å²) in [5.74, 6) is -1.66. The van der Waals surface area contributed by atoms with Crippen molar-refractivity contribution in [1.29, 1.82) is 0 Å². The average Bonchev–Trinajstić information content (AvgIpc) is 2.63. The SMILES string of the molecule is Cc1nn(C)c2ncc(C(=O)O)c(N(C)CC(N)=O)c12. The highest BCUT2D eigenvalue weighted by Gasteiger charge is 2.22. The van der Waals surface area contributed by atoms with Crippen LogP contribution in [0.4, 0.5) is 5.69 Å². The summed E-state index contributed by atoms with van der Waals surface area (Å²) in [4.78, 5) is 28.1. The summed E-state index contributed by atoms with van der Waals surface area (Å²) in [7, 11) is 3.33. The number of amides is 1. The second kappa shape index (κ2) is 4.80. The average molecular weight is 277 g/mol. The monoisotopic (exact) mass is 277 g/mol. The first-order valence-corrected chi connectivity index (χ1v) is 5.88. The van der Waals surface area contributed by atoms with Crippen LogP contribution in [0.2, 0.25) is 0 Å². The van der Waals surface area contributed by atoms with Crippen LogP contribution >= 0.6 is 0 Å². The number of likely N-dealkylation sites (N-methyl/N-ethyl adjacent to an activating group) is 1. The zero-order chi connectivity index (χ0) is 15.0. The Labute approximate surface area is 114 Å². The van der Waals surface area contributed by atoms with Crippen molar-refractivity contribution in [2.24, 2.45) is 12.8 Å². The zero-order valence-corrected chi connectivity index (χ0v) is 11.4. The number of nitrogens with zero attached hydrogens (tertiary/aromatic N) is 4. The van der Waals surface area contributed by atoms with Gasteiger partial charge in [-0.05, 0) is 6.92 Å². The van der Waals surface area contributed by atoms with Gasteiger partial charge >= 0.3 is 5.97 Å². The van der Waals surface area contributed by atoms with Crippen LogP contribution in [-0.2, 0) is 11.8 Å². The lowest BCUT2D eigenvalue weighted by Crippen LogP contribution is -2.31. The number of pyridine rings is 1. The first kappa shape index (κ1) is 13.8. The number of carboxylic acid groups (broad SMARTS) is 1. The van der Waals surface area contributed by atoms with Gasteiger partial charge < -0.3 is 15.7 Å². The van der Waals surface area contributed by atoms with Crippen molar-refractivity contribution in [1.82, 2.24) is 14.8 Å². The molecule has 0 aromatic carbocycles. The summed E-state index contributed by atoms with van der Waals surface area (Å²) < 4.78 is 1.57. The Morgan fingerprint density at radius 2 is 2.15 bits per heavy atom.